The fourth-order valence-corrected chi connectivity index (χ4v) is 2.65. The Morgan fingerprint density at radius 1 is 1.29 bits per heavy atom. The summed E-state index contributed by atoms with van der Waals surface area (Å²) < 4.78 is 41.9. The molecule has 116 valence electrons. The summed E-state index contributed by atoms with van der Waals surface area (Å²) in [6.45, 7) is 3.25. The molecule has 0 aromatic carbocycles. The fourth-order valence-electron chi connectivity index (χ4n) is 1.70. The first-order chi connectivity index (χ1) is 9.93. The number of aryl methyl sites for hydroxylation is 1. The Morgan fingerprint density at radius 2 is 2.05 bits per heavy atom. The van der Waals surface area contributed by atoms with Gasteiger partial charge in [0, 0.05) is 11.4 Å². The Balaban J connectivity index is 2.35. The quantitative estimate of drug-likeness (QED) is 0.873. The van der Waals surface area contributed by atoms with Crippen LogP contribution in [0.1, 0.15) is 25.1 Å². The van der Waals surface area contributed by atoms with Crippen LogP contribution < -0.4 is 10.1 Å². The van der Waals surface area contributed by atoms with Gasteiger partial charge in [-0.3, -0.25) is 0 Å². The van der Waals surface area contributed by atoms with Crippen molar-refractivity contribution in [3.8, 4) is 5.88 Å². The van der Waals surface area contributed by atoms with Gasteiger partial charge in [0.2, 0.25) is 11.8 Å². The number of thiophene rings is 1. The summed E-state index contributed by atoms with van der Waals surface area (Å²) >= 11 is 1.44. The largest absolute Gasteiger partial charge is 0.467 e. The Hall–Kier alpha value is -1.57. The maximum atomic E-state index is 12.3. The number of rotatable bonds is 6. The van der Waals surface area contributed by atoms with Gasteiger partial charge in [-0.2, -0.15) is 18.2 Å². The zero-order chi connectivity index (χ0) is 15.5. The zero-order valence-corrected chi connectivity index (χ0v) is 12.6. The van der Waals surface area contributed by atoms with E-state index in [4.69, 9.17) is 4.74 Å². The van der Waals surface area contributed by atoms with Crippen molar-refractivity contribution in [2.45, 2.75) is 32.9 Å². The van der Waals surface area contributed by atoms with Gasteiger partial charge in [-0.15, -0.1) is 11.3 Å². The third-order valence-electron chi connectivity index (χ3n) is 2.66. The second kappa shape index (κ2) is 6.46. The molecule has 0 saturated carbocycles. The second-order valence-corrected chi connectivity index (χ2v) is 5.58. The van der Waals surface area contributed by atoms with Crippen molar-refractivity contribution in [1.29, 1.82) is 0 Å². The lowest BCUT2D eigenvalue weighted by Gasteiger charge is -2.10. The number of fused-ring (bicyclic) bond motifs is 1. The van der Waals surface area contributed by atoms with Crippen LogP contribution in [0.3, 0.4) is 0 Å². The van der Waals surface area contributed by atoms with Gasteiger partial charge in [0.25, 0.3) is 0 Å². The van der Waals surface area contributed by atoms with E-state index in [0.717, 1.165) is 17.7 Å². The third kappa shape index (κ3) is 4.20. The Morgan fingerprint density at radius 3 is 2.67 bits per heavy atom. The van der Waals surface area contributed by atoms with Crippen LogP contribution in [0.4, 0.5) is 19.1 Å². The molecule has 0 aliphatic rings. The number of ether oxygens (including phenoxy) is 1. The predicted octanol–water partition coefficient (Wildman–Crippen LogP) is 4.02. The molecule has 0 radical (unpaired) electrons. The van der Waals surface area contributed by atoms with Crippen LogP contribution in [0, 0.1) is 0 Å². The van der Waals surface area contributed by atoms with Crippen LogP contribution in [0.25, 0.3) is 10.2 Å². The number of nitrogens with one attached hydrogen (secondary N) is 1. The summed E-state index contributed by atoms with van der Waals surface area (Å²) in [5, 5.41) is 3.51. The minimum absolute atomic E-state index is 0.0214. The van der Waals surface area contributed by atoms with Crippen molar-refractivity contribution in [1.82, 2.24) is 9.97 Å². The first-order valence-electron chi connectivity index (χ1n) is 6.66. The molecule has 0 spiro atoms. The Labute approximate surface area is 124 Å². The van der Waals surface area contributed by atoms with Gasteiger partial charge in [-0.25, -0.2) is 4.98 Å². The van der Waals surface area contributed by atoms with Crippen molar-refractivity contribution in [3.63, 3.8) is 0 Å². The summed E-state index contributed by atoms with van der Waals surface area (Å²) in [4.78, 5) is 10.0. The van der Waals surface area contributed by atoms with Crippen molar-refractivity contribution < 1.29 is 17.9 Å². The molecule has 0 unspecified atom stereocenters. The van der Waals surface area contributed by atoms with Crippen LogP contribution in [-0.4, -0.2) is 29.3 Å². The van der Waals surface area contributed by atoms with Crippen LogP contribution in [0.15, 0.2) is 6.07 Å². The van der Waals surface area contributed by atoms with Gasteiger partial charge in [-0.05, 0) is 18.9 Å². The molecule has 21 heavy (non-hydrogen) atoms. The summed E-state index contributed by atoms with van der Waals surface area (Å²) in [5.41, 5.74) is 0. The van der Waals surface area contributed by atoms with Gasteiger partial charge in [0.1, 0.15) is 4.83 Å². The van der Waals surface area contributed by atoms with E-state index in [1.807, 2.05) is 13.8 Å². The van der Waals surface area contributed by atoms with E-state index in [-0.39, 0.29) is 5.88 Å². The highest BCUT2D eigenvalue weighted by molar-refractivity contribution is 7.18. The molecule has 0 fully saturated rings. The van der Waals surface area contributed by atoms with E-state index in [1.54, 1.807) is 6.07 Å². The second-order valence-electron chi connectivity index (χ2n) is 4.47. The van der Waals surface area contributed by atoms with E-state index >= 15 is 0 Å². The van der Waals surface area contributed by atoms with Gasteiger partial charge in [0.05, 0.1) is 5.39 Å². The standard InChI is InChI=1S/C13H16F3N3OS/c1-3-5-17-12-18-10(20-7-13(14,15)16)9-6-8(4-2)21-11(9)19-12/h6H,3-5,7H2,1-2H3,(H,17,18,19). The van der Waals surface area contributed by atoms with Crippen LogP contribution in [0.5, 0.6) is 5.88 Å². The van der Waals surface area contributed by atoms with E-state index in [9.17, 15) is 13.2 Å². The van der Waals surface area contributed by atoms with Gasteiger partial charge in [-0.1, -0.05) is 13.8 Å². The average molecular weight is 319 g/mol. The van der Waals surface area contributed by atoms with Crippen molar-refractivity contribution >= 4 is 27.5 Å². The number of nitrogens with zero attached hydrogens (tertiary/aromatic N) is 2. The lowest BCUT2D eigenvalue weighted by Crippen LogP contribution is -2.20. The van der Waals surface area contributed by atoms with Gasteiger partial charge in [0.15, 0.2) is 6.61 Å². The van der Waals surface area contributed by atoms with Crippen LogP contribution >= 0.6 is 11.3 Å². The van der Waals surface area contributed by atoms with Gasteiger partial charge < -0.3 is 10.1 Å². The number of halogens is 3. The van der Waals surface area contributed by atoms with Gasteiger partial charge >= 0.3 is 6.18 Å². The minimum Gasteiger partial charge on any atom is -0.467 e. The molecular weight excluding hydrogens is 303 g/mol. The lowest BCUT2D eigenvalue weighted by atomic mass is 10.3. The van der Waals surface area contributed by atoms with Crippen molar-refractivity contribution in [2.24, 2.45) is 0 Å². The number of hydrogen-bond acceptors (Lipinski definition) is 5. The van der Waals surface area contributed by atoms with Crippen molar-refractivity contribution in [2.75, 3.05) is 18.5 Å². The molecule has 0 aliphatic heterocycles. The topological polar surface area (TPSA) is 47.0 Å². The highest BCUT2D eigenvalue weighted by atomic mass is 32.1. The molecule has 0 aliphatic carbocycles. The molecule has 1 N–H and O–H groups in total. The van der Waals surface area contributed by atoms with Crippen LogP contribution in [0.2, 0.25) is 0 Å². The Bertz CT molecular complexity index is 612. The van der Waals surface area contributed by atoms with E-state index in [1.165, 1.54) is 11.3 Å². The summed E-state index contributed by atoms with van der Waals surface area (Å²) in [6.07, 6.45) is -2.74. The normalized spacial score (nSPS) is 11.9. The zero-order valence-electron chi connectivity index (χ0n) is 11.8. The van der Waals surface area contributed by atoms with Crippen molar-refractivity contribution in [3.05, 3.63) is 10.9 Å². The molecule has 2 aromatic heterocycles. The molecule has 0 saturated heterocycles. The third-order valence-corrected chi connectivity index (χ3v) is 3.84. The summed E-state index contributed by atoms with van der Waals surface area (Å²) in [7, 11) is 0. The molecular formula is C13H16F3N3OS. The number of hydrogen-bond donors (Lipinski definition) is 1. The highest BCUT2D eigenvalue weighted by Gasteiger charge is 2.29. The molecule has 2 heterocycles. The highest BCUT2D eigenvalue weighted by Crippen LogP contribution is 2.32. The average Bonchev–Trinajstić information content (AvgIpc) is 2.84. The first kappa shape index (κ1) is 15.8. The first-order valence-corrected chi connectivity index (χ1v) is 7.48. The molecule has 0 atom stereocenters. The Kier molecular flexibility index (Phi) is 4.87. The lowest BCUT2D eigenvalue weighted by molar-refractivity contribution is -0.153. The predicted molar refractivity (Wildman–Crippen MR) is 77.1 cm³/mol. The number of aromatic nitrogens is 2. The molecule has 0 bridgehead atoms. The number of anilines is 1. The molecule has 2 aromatic rings. The summed E-state index contributed by atoms with van der Waals surface area (Å²) in [6, 6.07) is 1.79. The molecule has 2 rings (SSSR count). The fraction of sp³-hybridized carbons (Fsp3) is 0.538. The number of alkyl halides is 3. The molecule has 8 heteroatoms. The van der Waals surface area contributed by atoms with Crippen LogP contribution in [-0.2, 0) is 6.42 Å². The summed E-state index contributed by atoms with van der Waals surface area (Å²) in [5.74, 6) is 0.276. The maximum absolute atomic E-state index is 12.3. The van der Waals surface area contributed by atoms with E-state index in [0.29, 0.717) is 22.7 Å². The van der Waals surface area contributed by atoms with E-state index < -0.39 is 12.8 Å². The molecule has 0 amide bonds. The SMILES string of the molecule is CCCNc1nc(OCC(F)(F)F)c2cc(CC)sc2n1. The smallest absolute Gasteiger partial charge is 0.422 e. The van der Waals surface area contributed by atoms with E-state index in [2.05, 4.69) is 15.3 Å². The molecule has 4 nitrogen and oxygen atoms in total. The maximum Gasteiger partial charge on any atom is 0.422 e. The minimum atomic E-state index is -4.39. The monoisotopic (exact) mass is 319 g/mol.